The van der Waals surface area contributed by atoms with Crippen molar-refractivity contribution in [2.24, 2.45) is 7.05 Å². The molecule has 1 saturated heterocycles. The smallest absolute Gasteiger partial charge is 0.161 e. The molecule has 0 spiro atoms. The van der Waals surface area contributed by atoms with E-state index < -0.39 is 0 Å². The Kier molecular flexibility index (Phi) is 4.43. The van der Waals surface area contributed by atoms with Crippen LogP contribution in [0.25, 0.3) is 44.8 Å². The van der Waals surface area contributed by atoms with Gasteiger partial charge in [-0.2, -0.15) is 10.2 Å². The third-order valence-corrected chi connectivity index (χ3v) is 6.15. The highest BCUT2D eigenvalue weighted by Gasteiger charge is 2.20. The molecule has 3 N–H and O–H groups in total. The molecule has 0 aliphatic carbocycles. The number of pyridine rings is 1. The van der Waals surface area contributed by atoms with Gasteiger partial charge < -0.3 is 15.0 Å². The quantitative estimate of drug-likeness (QED) is 0.405. The van der Waals surface area contributed by atoms with Crippen molar-refractivity contribution >= 4 is 27.8 Å². The average molecular weight is 429 g/mol. The number of hydrogen-bond acceptors (Lipinski definition) is 6. The fraction of sp³-hybridized carbons (Fsp3) is 0.304. The zero-order chi connectivity index (χ0) is 21.7. The number of piperidine rings is 1. The van der Waals surface area contributed by atoms with E-state index in [1.165, 1.54) is 24.9 Å². The molecule has 0 saturated carbocycles. The summed E-state index contributed by atoms with van der Waals surface area (Å²) in [5.41, 5.74) is 7.50. The molecule has 9 nitrogen and oxygen atoms in total. The SMILES string of the molecule is Cn1cc(-c2ccc3[nH]nc(-c4nc5c(N6CCCCC6)cccc5[nH]4)c3n2)c(CO)n1. The lowest BCUT2D eigenvalue weighted by Crippen LogP contribution is -2.29. The Morgan fingerprint density at radius 2 is 1.88 bits per heavy atom. The van der Waals surface area contributed by atoms with Gasteiger partial charge in [-0.25, -0.2) is 9.97 Å². The Hall–Kier alpha value is -3.72. The van der Waals surface area contributed by atoms with Gasteiger partial charge in [0.25, 0.3) is 0 Å². The lowest BCUT2D eigenvalue weighted by Gasteiger charge is -2.28. The Morgan fingerprint density at radius 3 is 2.72 bits per heavy atom. The molecule has 9 heteroatoms. The molecule has 0 amide bonds. The predicted molar refractivity (Wildman–Crippen MR) is 123 cm³/mol. The van der Waals surface area contributed by atoms with Gasteiger partial charge in [-0.1, -0.05) is 6.07 Å². The number of para-hydroxylation sites is 1. The number of H-pyrrole nitrogens is 2. The minimum absolute atomic E-state index is 0.142. The van der Waals surface area contributed by atoms with E-state index >= 15 is 0 Å². The maximum atomic E-state index is 9.67. The first-order valence-corrected chi connectivity index (χ1v) is 10.9. The topological polar surface area (TPSA) is 112 Å². The summed E-state index contributed by atoms with van der Waals surface area (Å²) in [4.78, 5) is 15.7. The number of aromatic amines is 2. The Labute approximate surface area is 184 Å². The molecule has 162 valence electrons. The van der Waals surface area contributed by atoms with E-state index in [0.717, 1.165) is 46.4 Å². The molecule has 1 aliphatic heterocycles. The van der Waals surface area contributed by atoms with Crippen molar-refractivity contribution < 1.29 is 5.11 Å². The summed E-state index contributed by atoms with van der Waals surface area (Å²) < 4.78 is 1.68. The van der Waals surface area contributed by atoms with Crippen LogP contribution in [0.2, 0.25) is 0 Å². The summed E-state index contributed by atoms with van der Waals surface area (Å²) in [7, 11) is 1.83. The maximum absolute atomic E-state index is 9.67. The number of aliphatic hydroxyl groups is 1. The van der Waals surface area contributed by atoms with Gasteiger partial charge in [0.05, 0.1) is 34.7 Å². The molecule has 1 fully saturated rings. The summed E-state index contributed by atoms with van der Waals surface area (Å²) in [6, 6.07) is 10.1. The van der Waals surface area contributed by atoms with Crippen LogP contribution < -0.4 is 4.90 Å². The molecule has 4 aromatic heterocycles. The van der Waals surface area contributed by atoms with E-state index in [9.17, 15) is 5.11 Å². The molecule has 32 heavy (non-hydrogen) atoms. The van der Waals surface area contributed by atoms with Crippen molar-refractivity contribution in [1.29, 1.82) is 0 Å². The highest BCUT2D eigenvalue weighted by molar-refractivity contribution is 5.95. The van der Waals surface area contributed by atoms with E-state index in [1.807, 2.05) is 25.4 Å². The van der Waals surface area contributed by atoms with Crippen molar-refractivity contribution in [3.05, 3.63) is 42.2 Å². The summed E-state index contributed by atoms with van der Waals surface area (Å²) in [6.45, 7) is 1.99. The summed E-state index contributed by atoms with van der Waals surface area (Å²) in [5.74, 6) is 0.689. The molecule has 1 aliphatic rings. The van der Waals surface area contributed by atoms with E-state index in [2.05, 4.69) is 43.4 Å². The highest BCUT2D eigenvalue weighted by Crippen LogP contribution is 2.32. The zero-order valence-electron chi connectivity index (χ0n) is 17.8. The zero-order valence-corrected chi connectivity index (χ0v) is 17.8. The van der Waals surface area contributed by atoms with Crippen molar-refractivity contribution in [2.45, 2.75) is 25.9 Å². The van der Waals surface area contributed by atoms with Gasteiger partial charge in [0.2, 0.25) is 0 Å². The molecule has 0 radical (unpaired) electrons. The first kappa shape index (κ1) is 19.0. The van der Waals surface area contributed by atoms with Crippen LogP contribution in [-0.4, -0.2) is 53.1 Å². The molecule has 1 aromatic carbocycles. The van der Waals surface area contributed by atoms with Crippen LogP contribution in [-0.2, 0) is 13.7 Å². The van der Waals surface area contributed by atoms with E-state index in [0.29, 0.717) is 17.2 Å². The van der Waals surface area contributed by atoms with Gasteiger partial charge in [-0.05, 0) is 43.5 Å². The molecule has 0 atom stereocenters. The van der Waals surface area contributed by atoms with Crippen LogP contribution >= 0.6 is 0 Å². The summed E-state index contributed by atoms with van der Waals surface area (Å²) >= 11 is 0. The third-order valence-electron chi connectivity index (χ3n) is 6.15. The molecule has 0 unspecified atom stereocenters. The largest absolute Gasteiger partial charge is 0.390 e. The van der Waals surface area contributed by atoms with E-state index in [-0.39, 0.29) is 6.61 Å². The number of hydrogen-bond donors (Lipinski definition) is 3. The average Bonchev–Trinajstić information content (AvgIpc) is 3.54. The van der Waals surface area contributed by atoms with Gasteiger partial charge in [-0.3, -0.25) is 9.78 Å². The van der Waals surface area contributed by atoms with E-state index in [1.54, 1.807) is 4.68 Å². The number of nitrogens with zero attached hydrogens (tertiary/aromatic N) is 6. The molecular weight excluding hydrogens is 404 g/mol. The number of aliphatic hydroxyl groups excluding tert-OH is 1. The van der Waals surface area contributed by atoms with E-state index in [4.69, 9.17) is 9.97 Å². The maximum Gasteiger partial charge on any atom is 0.161 e. The number of rotatable bonds is 4. The molecule has 6 rings (SSSR count). The van der Waals surface area contributed by atoms with Crippen LogP contribution in [0.15, 0.2) is 36.5 Å². The van der Waals surface area contributed by atoms with Crippen LogP contribution in [0.1, 0.15) is 25.0 Å². The lowest BCUT2D eigenvalue weighted by molar-refractivity contribution is 0.276. The van der Waals surface area contributed by atoms with Crippen LogP contribution in [0.5, 0.6) is 0 Å². The first-order valence-electron chi connectivity index (χ1n) is 10.9. The lowest BCUT2D eigenvalue weighted by atomic mass is 10.1. The summed E-state index contributed by atoms with van der Waals surface area (Å²) in [5, 5.41) is 21.6. The van der Waals surface area contributed by atoms with Gasteiger partial charge >= 0.3 is 0 Å². The molecular formula is C23H24N8O. The Bertz CT molecular complexity index is 1420. The van der Waals surface area contributed by atoms with Gasteiger partial charge in [0.1, 0.15) is 11.0 Å². The second kappa shape index (κ2) is 7.45. The van der Waals surface area contributed by atoms with Crippen LogP contribution in [0.4, 0.5) is 5.69 Å². The molecule has 5 aromatic rings. The van der Waals surface area contributed by atoms with Crippen LogP contribution in [0, 0.1) is 0 Å². The number of anilines is 1. The molecule has 0 bridgehead atoms. The standard InChI is InChI=1S/C23H24N8O/c1-30-12-14(18(13-32)29-30)15-8-9-17-21(24-15)22(28-27-17)23-25-16-6-5-7-19(20(16)26-23)31-10-3-2-4-11-31/h5-9,12,32H,2-4,10-11,13H2,1H3,(H,25,26)(H,27,28). The normalized spacial score (nSPS) is 14.6. The van der Waals surface area contributed by atoms with Gasteiger partial charge in [0, 0.05) is 31.9 Å². The predicted octanol–water partition coefficient (Wildman–Crippen LogP) is 3.38. The van der Waals surface area contributed by atoms with Gasteiger partial charge in [0.15, 0.2) is 11.5 Å². The van der Waals surface area contributed by atoms with Crippen molar-refractivity contribution in [2.75, 3.05) is 18.0 Å². The van der Waals surface area contributed by atoms with Crippen LogP contribution in [0.3, 0.4) is 0 Å². The minimum atomic E-state index is -0.142. The fourth-order valence-electron chi connectivity index (χ4n) is 4.60. The number of aromatic nitrogens is 7. The molecule has 5 heterocycles. The van der Waals surface area contributed by atoms with Crippen molar-refractivity contribution in [3.8, 4) is 22.8 Å². The number of nitrogens with one attached hydrogen (secondary N) is 2. The fourth-order valence-corrected chi connectivity index (χ4v) is 4.60. The number of imidazole rings is 1. The van der Waals surface area contributed by atoms with Gasteiger partial charge in [-0.15, -0.1) is 0 Å². The Morgan fingerprint density at radius 1 is 1.00 bits per heavy atom. The number of fused-ring (bicyclic) bond motifs is 2. The van der Waals surface area contributed by atoms with Crippen molar-refractivity contribution in [1.82, 2.24) is 34.9 Å². The van der Waals surface area contributed by atoms with Crippen molar-refractivity contribution in [3.63, 3.8) is 0 Å². The summed E-state index contributed by atoms with van der Waals surface area (Å²) in [6.07, 6.45) is 5.59. The highest BCUT2D eigenvalue weighted by atomic mass is 16.3. The third kappa shape index (κ3) is 3.04. The number of aryl methyl sites for hydroxylation is 1. The monoisotopic (exact) mass is 428 g/mol. The Balaban J connectivity index is 1.46. The second-order valence-electron chi connectivity index (χ2n) is 8.29. The first-order chi connectivity index (χ1) is 15.7. The second-order valence-corrected chi connectivity index (χ2v) is 8.29. The number of benzene rings is 1. The minimum Gasteiger partial charge on any atom is -0.390 e.